The van der Waals surface area contributed by atoms with Gasteiger partial charge in [-0.05, 0) is 42.3 Å². The minimum absolute atomic E-state index is 0.0184. The summed E-state index contributed by atoms with van der Waals surface area (Å²) in [5, 5.41) is 0.339. The zero-order valence-corrected chi connectivity index (χ0v) is 11.9. The van der Waals surface area contributed by atoms with E-state index in [1.807, 2.05) is 6.92 Å². The van der Waals surface area contributed by atoms with Crippen LogP contribution in [0.1, 0.15) is 16.7 Å². The highest BCUT2D eigenvalue weighted by Gasteiger charge is 2.33. The number of ether oxygens (including phenoxy) is 1. The Balaban J connectivity index is 2.37. The average molecular weight is 316 g/mol. The number of aryl methyl sites for hydroxylation is 1. The van der Waals surface area contributed by atoms with E-state index in [1.165, 1.54) is 12.1 Å². The van der Waals surface area contributed by atoms with Gasteiger partial charge in [-0.25, -0.2) is 0 Å². The molecule has 2 nitrogen and oxygen atoms in total. The number of hydrogen-bond acceptors (Lipinski definition) is 2. The topological polar surface area (TPSA) is 35.2 Å². The summed E-state index contributed by atoms with van der Waals surface area (Å²) < 4.78 is 44.3. The molecule has 2 rings (SSSR count). The van der Waals surface area contributed by atoms with Gasteiger partial charge in [0.2, 0.25) is 0 Å². The van der Waals surface area contributed by atoms with E-state index in [9.17, 15) is 13.2 Å². The van der Waals surface area contributed by atoms with E-state index in [1.54, 1.807) is 18.2 Å². The van der Waals surface area contributed by atoms with Gasteiger partial charge in [-0.3, -0.25) is 0 Å². The van der Waals surface area contributed by atoms with Gasteiger partial charge in [-0.1, -0.05) is 23.7 Å². The van der Waals surface area contributed by atoms with Crippen molar-refractivity contribution in [3.8, 4) is 11.5 Å². The molecule has 0 aliphatic rings. The molecule has 0 fully saturated rings. The van der Waals surface area contributed by atoms with Crippen molar-refractivity contribution in [2.24, 2.45) is 5.73 Å². The molecule has 0 aromatic heterocycles. The van der Waals surface area contributed by atoms with Crippen LogP contribution in [-0.4, -0.2) is 0 Å². The van der Waals surface area contributed by atoms with Crippen LogP contribution < -0.4 is 10.5 Å². The van der Waals surface area contributed by atoms with E-state index in [4.69, 9.17) is 22.1 Å². The number of alkyl halides is 3. The van der Waals surface area contributed by atoms with Crippen molar-refractivity contribution >= 4 is 11.6 Å². The van der Waals surface area contributed by atoms with E-state index >= 15 is 0 Å². The number of halogens is 4. The van der Waals surface area contributed by atoms with Crippen LogP contribution in [0.4, 0.5) is 13.2 Å². The molecule has 0 aliphatic heterocycles. The van der Waals surface area contributed by atoms with Gasteiger partial charge < -0.3 is 10.5 Å². The molecule has 21 heavy (non-hydrogen) atoms. The standard InChI is InChI=1S/C15H13ClF3NO/c1-9-2-5-14(13(16)6-9)21-11-4-3-10(8-20)12(7-11)15(17,18)19/h2-7H,8,20H2,1H3. The molecule has 0 saturated heterocycles. The number of rotatable bonds is 3. The number of benzene rings is 2. The summed E-state index contributed by atoms with van der Waals surface area (Å²) in [6.45, 7) is 1.66. The van der Waals surface area contributed by atoms with E-state index in [2.05, 4.69) is 0 Å². The fraction of sp³-hybridized carbons (Fsp3) is 0.200. The minimum Gasteiger partial charge on any atom is -0.456 e. The van der Waals surface area contributed by atoms with E-state index in [0.29, 0.717) is 10.8 Å². The Morgan fingerprint density at radius 1 is 1.14 bits per heavy atom. The lowest BCUT2D eigenvalue weighted by atomic mass is 10.1. The fourth-order valence-electron chi connectivity index (χ4n) is 1.88. The molecule has 0 atom stereocenters. The molecule has 2 N–H and O–H groups in total. The van der Waals surface area contributed by atoms with Crippen LogP contribution >= 0.6 is 11.6 Å². The third-order valence-corrected chi connectivity index (χ3v) is 3.22. The first kappa shape index (κ1) is 15.7. The van der Waals surface area contributed by atoms with Crippen molar-refractivity contribution in [3.05, 3.63) is 58.1 Å². The van der Waals surface area contributed by atoms with Crippen LogP contribution in [0.5, 0.6) is 11.5 Å². The summed E-state index contributed by atoms with van der Waals surface area (Å²) in [6, 6.07) is 8.73. The Hall–Kier alpha value is -1.72. The lowest BCUT2D eigenvalue weighted by Crippen LogP contribution is -2.12. The van der Waals surface area contributed by atoms with Crippen molar-refractivity contribution in [3.63, 3.8) is 0 Å². The van der Waals surface area contributed by atoms with E-state index < -0.39 is 11.7 Å². The highest BCUT2D eigenvalue weighted by Crippen LogP contribution is 2.36. The van der Waals surface area contributed by atoms with Crippen molar-refractivity contribution in [1.29, 1.82) is 0 Å². The van der Waals surface area contributed by atoms with Gasteiger partial charge in [0.05, 0.1) is 10.6 Å². The molecule has 0 heterocycles. The first-order valence-electron chi connectivity index (χ1n) is 6.15. The Labute approximate surface area is 125 Å². The molecule has 112 valence electrons. The van der Waals surface area contributed by atoms with Crippen LogP contribution in [0.2, 0.25) is 5.02 Å². The molecular formula is C15H13ClF3NO. The molecular weight excluding hydrogens is 303 g/mol. The average Bonchev–Trinajstić information content (AvgIpc) is 2.41. The zero-order valence-electron chi connectivity index (χ0n) is 11.2. The molecule has 0 bridgehead atoms. The quantitative estimate of drug-likeness (QED) is 0.872. The maximum absolute atomic E-state index is 12.9. The third-order valence-electron chi connectivity index (χ3n) is 2.92. The van der Waals surface area contributed by atoms with Gasteiger partial charge in [0.15, 0.2) is 0 Å². The second-order valence-corrected chi connectivity index (χ2v) is 4.96. The predicted octanol–water partition coefficient (Wildman–Crippen LogP) is 4.92. The Morgan fingerprint density at radius 2 is 1.86 bits per heavy atom. The highest BCUT2D eigenvalue weighted by molar-refractivity contribution is 6.32. The van der Waals surface area contributed by atoms with Gasteiger partial charge >= 0.3 is 6.18 Å². The molecule has 0 saturated carbocycles. The van der Waals surface area contributed by atoms with E-state index in [0.717, 1.165) is 11.6 Å². The molecule has 0 spiro atoms. The molecule has 0 unspecified atom stereocenters. The maximum atomic E-state index is 12.9. The van der Waals surface area contributed by atoms with Gasteiger partial charge in [-0.15, -0.1) is 0 Å². The smallest absolute Gasteiger partial charge is 0.416 e. The second kappa shape index (κ2) is 5.95. The van der Waals surface area contributed by atoms with Crippen LogP contribution in [0.15, 0.2) is 36.4 Å². The summed E-state index contributed by atoms with van der Waals surface area (Å²) >= 11 is 6.00. The molecule has 0 aliphatic carbocycles. The van der Waals surface area contributed by atoms with Gasteiger partial charge in [0.1, 0.15) is 11.5 Å². The third kappa shape index (κ3) is 3.68. The zero-order chi connectivity index (χ0) is 15.6. The van der Waals surface area contributed by atoms with Crippen LogP contribution in [0.25, 0.3) is 0 Å². The fourth-order valence-corrected chi connectivity index (χ4v) is 2.15. The van der Waals surface area contributed by atoms with Crippen molar-refractivity contribution in [2.75, 3.05) is 0 Å². The molecule has 2 aromatic rings. The minimum atomic E-state index is -4.48. The maximum Gasteiger partial charge on any atom is 0.416 e. The Bertz CT molecular complexity index is 656. The highest BCUT2D eigenvalue weighted by atomic mass is 35.5. The molecule has 2 aromatic carbocycles. The summed E-state index contributed by atoms with van der Waals surface area (Å²) in [7, 11) is 0. The summed E-state index contributed by atoms with van der Waals surface area (Å²) in [4.78, 5) is 0. The van der Waals surface area contributed by atoms with E-state index in [-0.39, 0.29) is 17.9 Å². The molecule has 6 heteroatoms. The van der Waals surface area contributed by atoms with Gasteiger partial charge in [0.25, 0.3) is 0 Å². The Kier molecular flexibility index (Phi) is 4.44. The predicted molar refractivity (Wildman–Crippen MR) is 75.6 cm³/mol. The largest absolute Gasteiger partial charge is 0.456 e. The van der Waals surface area contributed by atoms with Crippen molar-refractivity contribution < 1.29 is 17.9 Å². The second-order valence-electron chi connectivity index (χ2n) is 4.56. The van der Waals surface area contributed by atoms with Crippen molar-refractivity contribution in [2.45, 2.75) is 19.6 Å². The van der Waals surface area contributed by atoms with Crippen LogP contribution in [0, 0.1) is 6.92 Å². The van der Waals surface area contributed by atoms with Gasteiger partial charge in [0, 0.05) is 6.54 Å². The molecule has 0 radical (unpaired) electrons. The van der Waals surface area contributed by atoms with Crippen LogP contribution in [-0.2, 0) is 12.7 Å². The Morgan fingerprint density at radius 3 is 2.43 bits per heavy atom. The number of hydrogen-bond donors (Lipinski definition) is 1. The lowest BCUT2D eigenvalue weighted by Gasteiger charge is -2.14. The number of nitrogens with two attached hydrogens (primary N) is 1. The first-order chi connectivity index (χ1) is 9.81. The first-order valence-corrected chi connectivity index (χ1v) is 6.53. The normalized spacial score (nSPS) is 11.5. The molecule has 0 amide bonds. The summed E-state index contributed by atoms with van der Waals surface area (Å²) in [6.07, 6.45) is -4.48. The SMILES string of the molecule is Cc1ccc(Oc2ccc(CN)c(C(F)(F)F)c2)c(Cl)c1. The van der Waals surface area contributed by atoms with Gasteiger partial charge in [-0.2, -0.15) is 13.2 Å². The van der Waals surface area contributed by atoms with Crippen LogP contribution in [0.3, 0.4) is 0 Å². The summed E-state index contributed by atoms with van der Waals surface area (Å²) in [5.41, 5.74) is 5.48. The van der Waals surface area contributed by atoms with Crippen molar-refractivity contribution in [1.82, 2.24) is 0 Å². The lowest BCUT2D eigenvalue weighted by molar-refractivity contribution is -0.138. The monoisotopic (exact) mass is 315 g/mol. The summed E-state index contributed by atoms with van der Waals surface area (Å²) in [5.74, 6) is 0.362.